The molecular formula is C24H26N4O4S. The molecular weight excluding hydrogens is 440 g/mol. The number of ketones is 2. The second-order valence-electron chi connectivity index (χ2n) is 8.31. The maximum absolute atomic E-state index is 12.8. The van der Waals surface area contributed by atoms with Crippen LogP contribution in [0.2, 0.25) is 0 Å². The van der Waals surface area contributed by atoms with Crippen LogP contribution in [0.15, 0.2) is 67.3 Å². The molecule has 0 aliphatic carbocycles. The third-order valence-corrected chi connectivity index (χ3v) is 6.40. The first-order valence-corrected chi connectivity index (χ1v) is 12.6. The zero-order valence-electron chi connectivity index (χ0n) is 18.3. The molecule has 0 unspecified atom stereocenters. The Morgan fingerprint density at radius 2 is 1.64 bits per heavy atom. The molecule has 172 valence electrons. The highest BCUT2D eigenvalue weighted by atomic mass is 32.2. The van der Waals surface area contributed by atoms with E-state index in [1.54, 1.807) is 36.8 Å². The first-order valence-electron chi connectivity index (χ1n) is 10.7. The maximum Gasteiger partial charge on any atom is 0.229 e. The normalized spacial score (nSPS) is 15.3. The van der Waals surface area contributed by atoms with Gasteiger partial charge in [0, 0.05) is 40.8 Å². The van der Waals surface area contributed by atoms with Crippen LogP contribution in [0.1, 0.15) is 33.6 Å². The molecule has 8 nitrogen and oxygen atoms in total. The number of benzene rings is 2. The van der Waals surface area contributed by atoms with Gasteiger partial charge >= 0.3 is 0 Å². The van der Waals surface area contributed by atoms with E-state index in [9.17, 15) is 18.0 Å². The van der Waals surface area contributed by atoms with Crippen molar-refractivity contribution in [3.63, 3.8) is 0 Å². The third kappa shape index (κ3) is 5.94. The summed E-state index contributed by atoms with van der Waals surface area (Å²) in [5.41, 5.74) is 2.62. The molecule has 33 heavy (non-hydrogen) atoms. The maximum atomic E-state index is 12.8. The molecule has 0 atom stereocenters. The molecule has 1 fully saturated rings. The van der Waals surface area contributed by atoms with E-state index in [1.165, 1.54) is 0 Å². The summed E-state index contributed by atoms with van der Waals surface area (Å²) in [6.07, 6.45) is 7.73. The average molecular weight is 467 g/mol. The average Bonchev–Trinajstić information content (AvgIpc) is 3.34. The first-order chi connectivity index (χ1) is 15.8. The van der Waals surface area contributed by atoms with Crippen molar-refractivity contribution in [2.75, 3.05) is 30.6 Å². The molecule has 1 aliphatic rings. The van der Waals surface area contributed by atoms with Gasteiger partial charge in [0.25, 0.3) is 0 Å². The van der Waals surface area contributed by atoms with Crippen LogP contribution >= 0.6 is 0 Å². The SMILES string of the molecule is CS(=O)(=O)Nc1ccc(C(=O)C2CCN(CC(=O)c3ccc(-n4ccnc4)cc3)CC2)cc1. The number of hydrogen-bond donors (Lipinski definition) is 1. The van der Waals surface area contributed by atoms with Gasteiger partial charge in [-0.3, -0.25) is 19.2 Å². The van der Waals surface area contributed by atoms with E-state index in [1.807, 2.05) is 35.0 Å². The summed E-state index contributed by atoms with van der Waals surface area (Å²) in [7, 11) is -3.35. The number of imidazole rings is 1. The molecule has 4 rings (SSSR count). The Labute approximate surface area is 193 Å². The molecule has 1 saturated heterocycles. The smallest absolute Gasteiger partial charge is 0.229 e. The lowest BCUT2D eigenvalue weighted by Crippen LogP contribution is -2.39. The van der Waals surface area contributed by atoms with Gasteiger partial charge in [-0.15, -0.1) is 0 Å². The van der Waals surface area contributed by atoms with Crippen molar-refractivity contribution in [3.8, 4) is 5.69 Å². The molecule has 0 bridgehead atoms. The Kier molecular flexibility index (Phi) is 6.71. The first kappa shape index (κ1) is 22.9. The Morgan fingerprint density at radius 3 is 2.21 bits per heavy atom. The van der Waals surface area contributed by atoms with Gasteiger partial charge in [-0.05, 0) is 74.5 Å². The molecule has 0 radical (unpaired) electrons. The lowest BCUT2D eigenvalue weighted by atomic mass is 9.88. The summed E-state index contributed by atoms with van der Waals surface area (Å²) >= 11 is 0. The van der Waals surface area contributed by atoms with Gasteiger partial charge in [0.15, 0.2) is 11.6 Å². The van der Waals surface area contributed by atoms with E-state index >= 15 is 0 Å². The van der Waals surface area contributed by atoms with Crippen molar-refractivity contribution in [2.45, 2.75) is 12.8 Å². The van der Waals surface area contributed by atoms with Crippen LogP contribution < -0.4 is 4.72 Å². The number of likely N-dealkylation sites (tertiary alicyclic amines) is 1. The van der Waals surface area contributed by atoms with Gasteiger partial charge in [0.2, 0.25) is 10.0 Å². The molecule has 2 aromatic carbocycles. The van der Waals surface area contributed by atoms with Crippen molar-refractivity contribution in [1.29, 1.82) is 0 Å². The number of hydrogen-bond acceptors (Lipinski definition) is 6. The van der Waals surface area contributed by atoms with E-state index < -0.39 is 10.0 Å². The standard InChI is InChI=1S/C24H26N4O4S/c1-33(31,32)26-21-6-2-19(3-7-21)24(30)20-10-13-27(14-11-20)16-23(29)18-4-8-22(9-5-18)28-15-12-25-17-28/h2-9,12,15,17,20,26H,10-11,13-14,16H2,1H3. The Balaban J connectivity index is 1.28. The van der Waals surface area contributed by atoms with Crippen LogP contribution in [0.25, 0.3) is 5.69 Å². The summed E-state index contributed by atoms with van der Waals surface area (Å²) in [6.45, 7) is 1.70. The molecule has 2 heterocycles. The largest absolute Gasteiger partial charge is 0.306 e. The van der Waals surface area contributed by atoms with Crippen molar-refractivity contribution < 1.29 is 18.0 Å². The monoisotopic (exact) mass is 466 g/mol. The second-order valence-corrected chi connectivity index (χ2v) is 10.1. The lowest BCUT2D eigenvalue weighted by Gasteiger charge is -2.30. The van der Waals surface area contributed by atoms with Crippen LogP contribution in [-0.2, 0) is 10.0 Å². The number of anilines is 1. The molecule has 0 saturated carbocycles. The second kappa shape index (κ2) is 9.68. The Hall–Kier alpha value is -3.30. The number of rotatable bonds is 8. The number of aromatic nitrogens is 2. The lowest BCUT2D eigenvalue weighted by molar-refractivity contribution is 0.0805. The van der Waals surface area contributed by atoms with Gasteiger partial charge < -0.3 is 4.57 Å². The van der Waals surface area contributed by atoms with Crippen molar-refractivity contribution in [1.82, 2.24) is 14.5 Å². The molecule has 0 amide bonds. The number of Topliss-reactive ketones (excluding diaryl/α,β-unsaturated/α-hetero) is 2. The minimum absolute atomic E-state index is 0.0574. The highest BCUT2D eigenvalue weighted by Crippen LogP contribution is 2.23. The van der Waals surface area contributed by atoms with Crippen LogP contribution in [-0.4, -0.2) is 60.3 Å². The van der Waals surface area contributed by atoms with Crippen LogP contribution in [0.5, 0.6) is 0 Å². The fraction of sp³-hybridized carbons (Fsp3) is 0.292. The van der Waals surface area contributed by atoms with Crippen LogP contribution in [0, 0.1) is 5.92 Å². The van der Waals surface area contributed by atoms with E-state index in [4.69, 9.17) is 0 Å². The van der Waals surface area contributed by atoms with Crippen LogP contribution in [0.3, 0.4) is 0 Å². The molecule has 1 aromatic heterocycles. The van der Waals surface area contributed by atoms with Crippen molar-refractivity contribution in [3.05, 3.63) is 78.4 Å². The van der Waals surface area contributed by atoms with E-state index in [2.05, 4.69) is 14.6 Å². The van der Waals surface area contributed by atoms with Gasteiger partial charge in [0.1, 0.15) is 0 Å². The number of carbonyl (C=O) groups is 2. The van der Waals surface area contributed by atoms with Gasteiger partial charge in [-0.1, -0.05) is 0 Å². The van der Waals surface area contributed by atoms with Crippen molar-refractivity contribution >= 4 is 27.3 Å². The molecule has 0 spiro atoms. The zero-order valence-corrected chi connectivity index (χ0v) is 19.2. The molecule has 9 heteroatoms. The molecule has 3 aromatic rings. The van der Waals surface area contributed by atoms with Gasteiger partial charge in [0.05, 0.1) is 19.1 Å². The van der Waals surface area contributed by atoms with Gasteiger partial charge in [-0.2, -0.15) is 0 Å². The number of sulfonamides is 1. The predicted molar refractivity (Wildman–Crippen MR) is 126 cm³/mol. The Bertz CT molecular complexity index is 1210. The minimum atomic E-state index is -3.35. The predicted octanol–water partition coefficient (Wildman–Crippen LogP) is 3.02. The fourth-order valence-corrected chi connectivity index (χ4v) is 4.60. The van der Waals surface area contributed by atoms with Crippen LogP contribution in [0.4, 0.5) is 5.69 Å². The quantitative estimate of drug-likeness (QED) is 0.512. The van der Waals surface area contributed by atoms with E-state index in [0.717, 1.165) is 11.9 Å². The highest BCUT2D eigenvalue weighted by Gasteiger charge is 2.27. The fourth-order valence-electron chi connectivity index (χ4n) is 4.03. The number of nitrogens with zero attached hydrogens (tertiary/aromatic N) is 3. The topological polar surface area (TPSA) is 101 Å². The number of nitrogens with one attached hydrogen (secondary N) is 1. The molecule has 1 aliphatic heterocycles. The van der Waals surface area contributed by atoms with E-state index in [-0.39, 0.29) is 17.5 Å². The third-order valence-electron chi connectivity index (χ3n) is 5.79. The van der Waals surface area contributed by atoms with E-state index in [0.29, 0.717) is 49.3 Å². The Morgan fingerprint density at radius 1 is 1.00 bits per heavy atom. The van der Waals surface area contributed by atoms with Gasteiger partial charge in [-0.25, -0.2) is 13.4 Å². The summed E-state index contributed by atoms with van der Waals surface area (Å²) < 4.78 is 26.9. The number of carbonyl (C=O) groups excluding carboxylic acids is 2. The molecule has 1 N–H and O–H groups in total. The highest BCUT2D eigenvalue weighted by molar-refractivity contribution is 7.92. The summed E-state index contributed by atoms with van der Waals surface area (Å²) in [5.74, 6) is 0.0208. The minimum Gasteiger partial charge on any atom is -0.306 e. The number of piperidine rings is 1. The van der Waals surface area contributed by atoms with Crippen molar-refractivity contribution in [2.24, 2.45) is 5.92 Å². The summed E-state index contributed by atoms with van der Waals surface area (Å²) in [6, 6.07) is 14.0. The summed E-state index contributed by atoms with van der Waals surface area (Å²) in [4.78, 5) is 31.7. The summed E-state index contributed by atoms with van der Waals surface area (Å²) in [5, 5.41) is 0. The zero-order chi connectivity index (χ0) is 23.4.